The minimum atomic E-state index is 0.0623. The first-order valence-corrected chi connectivity index (χ1v) is 6.49. The third-order valence-electron chi connectivity index (χ3n) is 2.50. The van der Waals surface area contributed by atoms with Crippen molar-refractivity contribution in [2.45, 2.75) is 6.92 Å². The lowest BCUT2D eigenvalue weighted by Crippen LogP contribution is -2.05. The molecule has 3 rings (SSSR count). The smallest absolute Gasteiger partial charge is 0.256 e. The zero-order valence-electron chi connectivity index (χ0n) is 11.0. The predicted molar refractivity (Wildman–Crippen MR) is 74.2 cm³/mol. The lowest BCUT2D eigenvalue weighted by atomic mass is 10.2. The fourth-order valence-corrected chi connectivity index (χ4v) is 1.83. The summed E-state index contributed by atoms with van der Waals surface area (Å²) in [5, 5.41) is 4.03. The zero-order chi connectivity index (χ0) is 14.7. The maximum atomic E-state index is 5.94. The molecule has 3 aromatic heterocycles. The summed E-state index contributed by atoms with van der Waals surface area (Å²) in [6, 6.07) is 1.79. The number of hydrogen-bond donors (Lipinski definition) is 0. The SMILES string of the molecule is CCOc1cncc(-c2nc(Cl)nc(-n3cncn3)n2)c1. The summed E-state index contributed by atoms with van der Waals surface area (Å²) in [5.74, 6) is 1.30. The van der Waals surface area contributed by atoms with E-state index in [9.17, 15) is 0 Å². The van der Waals surface area contributed by atoms with Gasteiger partial charge >= 0.3 is 0 Å². The number of rotatable bonds is 4. The minimum Gasteiger partial charge on any atom is -0.492 e. The molecule has 0 saturated heterocycles. The van der Waals surface area contributed by atoms with E-state index in [1.165, 1.54) is 17.3 Å². The second-order valence-electron chi connectivity index (χ2n) is 3.91. The normalized spacial score (nSPS) is 10.6. The molecule has 8 nitrogen and oxygen atoms in total. The highest BCUT2D eigenvalue weighted by molar-refractivity contribution is 6.28. The number of ether oxygens (including phenoxy) is 1. The van der Waals surface area contributed by atoms with Gasteiger partial charge in [0.05, 0.1) is 12.8 Å². The van der Waals surface area contributed by atoms with Gasteiger partial charge in [0.25, 0.3) is 5.95 Å². The largest absolute Gasteiger partial charge is 0.492 e. The van der Waals surface area contributed by atoms with Crippen molar-refractivity contribution in [1.82, 2.24) is 34.7 Å². The second-order valence-corrected chi connectivity index (χ2v) is 4.25. The van der Waals surface area contributed by atoms with Gasteiger partial charge in [0.15, 0.2) is 5.82 Å². The van der Waals surface area contributed by atoms with E-state index in [-0.39, 0.29) is 11.2 Å². The van der Waals surface area contributed by atoms with Crippen LogP contribution in [0.4, 0.5) is 0 Å². The molecule has 0 aliphatic rings. The van der Waals surface area contributed by atoms with Crippen molar-refractivity contribution < 1.29 is 4.74 Å². The molecule has 0 amide bonds. The van der Waals surface area contributed by atoms with Crippen molar-refractivity contribution in [2.24, 2.45) is 0 Å². The van der Waals surface area contributed by atoms with Crippen LogP contribution in [0.1, 0.15) is 6.92 Å². The summed E-state index contributed by atoms with van der Waals surface area (Å²) in [5.41, 5.74) is 0.673. The van der Waals surface area contributed by atoms with Gasteiger partial charge in [-0.3, -0.25) is 4.98 Å². The van der Waals surface area contributed by atoms with Gasteiger partial charge in [-0.25, -0.2) is 4.98 Å². The van der Waals surface area contributed by atoms with Gasteiger partial charge in [0, 0.05) is 11.8 Å². The van der Waals surface area contributed by atoms with Crippen LogP contribution in [0.15, 0.2) is 31.1 Å². The Bertz CT molecular complexity index is 747. The lowest BCUT2D eigenvalue weighted by molar-refractivity contribution is 0.339. The molecule has 0 aromatic carbocycles. The van der Waals surface area contributed by atoms with Crippen LogP contribution in [0.5, 0.6) is 5.75 Å². The lowest BCUT2D eigenvalue weighted by Gasteiger charge is -2.06. The number of hydrogen-bond acceptors (Lipinski definition) is 7. The molecule has 0 spiro atoms. The van der Waals surface area contributed by atoms with Gasteiger partial charge in [0.2, 0.25) is 5.28 Å². The quantitative estimate of drug-likeness (QED) is 0.722. The average molecular weight is 304 g/mol. The molecule has 21 heavy (non-hydrogen) atoms. The van der Waals surface area contributed by atoms with Crippen molar-refractivity contribution in [3.63, 3.8) is 0 Å². The summed E-state index contributed by atoms with van der Waals surface area (Å²) in [6.07, 6.45) is 6.10. The first-order chi connectivity index (χ1) is 10.3. The van der Waals surface area contributed by atoms with Crippen LogP contribution in [-0.4, -0.2) is 41.3 Å². The molecule has 0 aliphatic heterocycles. The van der Waals surface area contributed by atoms with Gasteiger partial charge in [-0.05, 0) is 24.6 Å². The highest BCUT2D eigenvalue weighted by Crippen LogP contribution is 2.21. The van der Waals surface area contributed by atoms with Crippen LogP contribution in [-0.2, 0) is 0 Å². The molecule has 0 atom stereocenters. The third kappa shape index (κ3) is 2.95. The highest BCUT2D eigenvalue weighted by atomic mass is 35.5. The van der Waals surface area contributed by atoms with Crippen molar-refractivity contribution in [1.29, 1.82) is 0 Å². The maximum absolute atomic E-state index is 5.94. The zero-order valence-corrected chi connectivity index (χ0v) is 11.8. The molecular weight excluding hydrogens is 294 g/mol. The van der Waals surface area contributed by atoms with Crippen LogP contribution in [0, 0.1) is 0 Å². The number of aromatic nitrogens is 7. The Labute approximate surface area is 124 Å². The summed E-state index contributed by atoms with van der Waals surface area (Å²) >= 11 is 5.94. The topological polar surface area (TPSA) is 91.5 Å². The molecule has 0 radical (unpaired) electrons. The Hall–Kier alpha value is -2.61. The molecule has 0 bridgehead atoms. The van der Waals surface area contributed by atoms with E-state index in [1.807, 2.05) is 6.92 Å². The maximum Gasteiger partial charge on any atom is 0.256 e. The first-order valence-electron chi connectivity index (χ1n) is 6.11. The Morgan fingerprint density at radius 3 is 2.86 bits per heavy atom. The molecule has 0 unspecified atom stereocenters. The Morgan fingerprint density at radius 1 is 1.19 bits per heavy atom. The van der Waals surface area contributed by atoms with Crippen molar-refractivity contribution in [2.75, 3.05) is 6.61 Å². The number of pyridine rings is 1. The van der Waals surface area contributed by atoms with Crippen molar-refractivity contribution in [3.05, 3.63) is 36.4 Å². The summed E-state index contributed by atoms with van der Waals surface area (Å²) < 4.78 is 6.81. The van der Waals surface area contributed by atoms with Gasteiger partial charge in [-0.1, -0.05) is 0 Å². The van der Waals surface area contributed by atoms with E-state index in [4.69, 9.17) is 16.3 Å². The van der Waals surface area contributed by atoms with Crippen molar-refractivity contribution in [3.8, 4) is 23.1 Å². The first kappa shape index (κ1) is 13.4. The molecule has 0 N–H and O–H groups in total. The van der Waals surface area contributed by atoms with Crippen LogP contribution in [0.3, 0.4) is 0 Å². The summed E-state index contributed by atoms with van der Waals surface area (Å²) in [6.45, 7) is 2.45. The van der Waals surface area contributed by atoms with Crippen LogP contribution in [0.25, 0.3) is 17.3 Å². The Balaban J connectivity index is 2.04. The number of nitrogens with zero attached hydrogens (tertiary/aromatic N) is 7. The fraction of sp³-hybridized carbons (Fsp3) is 0.167. The van der Waals surface area contributed by atoms with Gasteiger partial charge in [0.1, 0.15) is 18.4 Å². The van der Waals surface area contributed by atoms with Crippen molar-refractivity contribution >= 4 is 11.6 Å². The van der Waals surface area contributed by atoms with E-state index >= 15 is 0 Å². The van der Waals surface area contributed by atoms with Crippen LogP contribution < -0.4 is 4.74 Å². The molecule has 0 saturated carbocycles. The molecule has 0 fully saturated rings. The highest BCUT2D eigenvalue weighted by Gasteiger charge is 2.10. The monoisotopic (exact) mass is 303 g/mol. The van der Waals surface area contributed by atoms with E-state index in [0.717, 1.165) is 0 Å². The van der Waals surface area contributed by atoms with Gasteiger partial charge < -0.3 is 4.74 Å². The van der Waals surface area contributed by atoms with E-state index in [2.05, 4.69) is 30.0 Å². The van der Waals surface area contributed by atoms with Crippen LogP contribution >= 0.6 is 11.6 Å². The van der Waals surface area contributed by atoms with Gasteiger partial charge in [-0.15, -0.1) is 0 Å². The molecule has 0 aliphatic carbocycles. The molecule has 9 heteroatoms. The number of halogens is 1. The average Bonchev–Trinajstić information content (AvgIpc) is 3.01. The summed E-state index contributed by atoms with van der Waals surface area (Å²) in [7, 11) is 0. The van der Waals surface area contributed by atoms with E-state index in [1.54, 1.807) is 18.5 Å². The molecular formula is C12H10ClN7O. The molecule has 106 valence electrons. The predicted octanol–water partition coefficient (Wildman–Crippen LogP) is 1.57. The second kappa shape index (κ2) is 5.80. The Kier molecular flexibility index (Phi) is 3.69. The third-order valence-corrected chi connectivity index (χ3v) is 2.67. The fourth-order valence-electron chi connectivity index (χ4n) is 1.67. The molecule has 3 aromatic rings. The summed E-state index contributed by atoms with van der Waals surface area (Å²) in [4.78, 5) is 20.4. The minimum absolute atomic E-state index is 0.0623. The van der Waals surface area contributed by atoms with E-state index in [0.29, 0.717) is 23.7 Å². The standard InChI is InChI=1S/C12H10ClN7O/c1-2-21-9-3-8(4-14-5-9)10-17-11(13)19-12(18-10)20-7-15-6-16-20/h3-7H,2H2,1H3. The van der Waals surface area contributed by atoms with Gasteiger partial charge in [-0.2, -0.15) is 24.7 Å². The van der Waals surface area contributed by atoms with E-state index < -0.39 is 0 Å². The Morgan fingerprint density at radius 2 is 2.10 bits per heavy atom. The van der Waals surface area contributed by atoms with Crippen LogP contribution in [0.2, 0.25) is 5.28 Å². The molecule has 3 heterocycles.